The molecular formula is C11H12N2O3. The topological polar surface area (TPSA) is 89.3 Å². The second-order valence-electron chi connectivity index (χ2n) is 3.30. The van der Waals surface area contributed by atoms with Gasteiger partial charge in [-0.1, -0.05) is 18.2 Å². The quantitative estimate of drug-likeness (QED) is 0.554. The molecule has 0 saturated carbocycles. The van der Waals surface area contributed by atoms with Crippen LogP contribution in [0.1, 0.15) is 22.8 Å². The standard InChI is InChI=1S/C11H12N2O3/c1-7(14)9-4-2-3-8(5-9)6-13-11(16)10(12)15/h2-5H,6H2,1H3,(H2,12,15)(H,13,16). The van der Waals surface area contributed by atoms with Crippen molar-refractivity contribution in [3.63, 3.8) is 0 Å². The van der Waals surface area contributed by atoms with E-state index in [-0.39, 0.29) is 12.3 Å². The molecule has 84 valence electrons. The van der Waals surface area contributed by atoms with Gasteiger partial charge in [0.25, 0.3) is 0 Å². The maximum Gasteiger partial charge on any atom is 0.309 e. The molecule has 3 N–H and O–H groups in total. The highest BCUT2D eigenvalue weighted by molar-refractivity contribution is 6.34. The third kappa shape index (κ3) is 3.20. The molecule has 0 aliphatic rings. The van der Waals surface area contributed by atoms with Crippen molar-refractivity contribution >= 4 is 17.6 Å². The third-order valence-electron chi connectivity index (χ3n) is 2.01. The van der Waals surface area contributed by atoms with Crippen LogP contribution in [0.5, 0.6) is 0 Å². The maximum absolute atomic E-state index is 11.1. The zero-order valence-corrected chi connectivity index (χ0v) is 8.82. The van der Waals surface area contributed by atoms with Gasteiger partial charge in [-0.2, -0.15) is 0 Å². The molecular weight excluding hydrogens is 208 g/mol. The van der Waals surface area contributed by atoms with Crippen LogP contribution in [0.15, 0.2) is 24.3 Å². The van der Waals surface area contributed by atoms with Crippen molar-refractivity contribution in [1.82, 2.24) is 5.32 Å². The van der Waals surface area contributed by atoms with Crippen LogP contribution in [-0.2, 0) is 16.1 Å². The van der Waals surface area contributed by atoms with Crippen LogP contribution in [0.3, 0.4) is 0 Å². The molecule has 1 aromatic rings. The van der Waals surface area contributed by atoms with Gasteiger partial charge in [0.1, 0.15) is 0 Å². The van der Waals surface area contributed by atoms with Crippen molar-refractivity contribution in [3.05, 3.63) is 35.4 Å². The third-order valence-corrected chi connectivity index (χ3v) is 2.01. The van der Waals surface area contributed by atoms with Crippen molar-refractivity contribution in [2.75, 3.05) is 0 Å². The Labute approximate surface area is 92.6 Å². The average Bonchev–Trinajstić information content (AvgIpc) is 2.26. The number of primary amides is 1. The predicted molar refractivity (Wildman–Crippen MR) is 57.5 cm³/mol. The number of rotatable bonds is 3. The van der Waals surface area contributed by atoms with Crippen LogP contribution in [-0.4, -0.2) is 17.6 Å². The van der Waals surface area contributed by atoms with Crippen LogP contribution >= 0.6 is 0 Å². The smallest absolute Gasteiger partial charge is 0.309 e. The summed E-state index contributed by atoms with van der Waals surface area (Å²) in [7, 11) is 0. The Morgan fingerprint density at radius 2 is 2.00 bits per heavy atom. The number of carbonyl (C=O) groups excluding carboxylic acids is 3. The summed E-state index contributed by atoms with van der Waals surface area (Å²) in [5, 5.41) is 2.34. The Morgan fingerprint density at radius 1 is 1.31 bits per heavy atom. The van der Waals surface area contributed by atoms with Gasteiger partial charge in [-0.25, -0.2) is 0 Å². The second-order valence-corrected chi connectivity index (χ2v) is 3.30. The highest BCUT2D eigenvalue weighted by Gasteiger charge is 2.07. The van der Waals surface area contributed by atoms with E-state index in [2.05, 4.69) is 5.32 Å². The van der Waals surface area contributed by atoms with Crippen molar-refractivity contribution in [1.29, 1.82) is 0 Å². The average molecular weight is 220 g/mol. The molecule has 5 heteroatoms. The van der Waals surface area contributed by atoms with Gasteiger partial charge >= 0.3 is 11.8 Å². The number of Topliss-reactive ketones (excluding diaryl/α,β-unsaturated/α-hetero) is 1. The molecule has 0 aliphatic carbocycles. The number of nitrogens with two attached hydrogens (primary N) is 1. The molecule has 0 fully saturated rings. The minimum atomic E-state index is -1.03. The molecule has 0 aliphatic heterocycles. The largest absolute Gasteiger partial charge is 0.361 e. The Kier molecular flexibility index (Phi) is 3.77. The number of benzene rings is 1. The fourth-order valence-corrected chi connectivity index (χ4v) is 1.17. The molecule has 0 aromatic heterocycles. The summed E-state index contributed by atoms with van der Waals surface area (Å²) in [6.45, 7) is 1.63. The lowest BCUT2D eigenvalue weighted by molar-refractivity contribution is -0.137. The van der Waals surface area contributed by atoms with E-state index < -0.39 is 11.8 Å². The summed E-state index contributed by atoms with van der Waals surface area (Å²) < 4.78 is 0. The number of nitrogens with one attached hydrogen (secondary N) is 1. The van der Waals surface area contributed by atoms with Crippen LogP contribution in [0, 0.1) is 0 Å². The second kappa shape index (κ2) is 5.06. The molecule has 1 aromatic carbocycles. The molecule has 0 saturated heterocycles. The van der Waals surface area contributed by atoms with Crippen molar-refractivity contribution < 1.29 is 14.4 Å². The van der Waals surface area contributed by atoms with E-state index in [1.54, 1.807) is 24.3 Å². The van der Waals surface area contributed by atoms with Gasteiger partial charge in [-0.3, -0.25) is 14.4 Å². The lowest BCUT2D eigenvalue weighted by Crippen LogP contribution is -2.35. The maximum atomic E-state index is 11.1. The highest BCUT2D eigenvalue weighted by Crippen LogP contribution is 2.05. The van der Waals surface area contributed by atoms with Crippen molar-refractivity contribution in [2.45, 2.75) is 13.5 Å². The molecule has 2 amide bonds. The van der Waals surface area contributed by atoms with E-state index in [0.717, 1.165) is 5.56 Å². The van der Waals surface area contributed by atoms with Gasteiger partial charge in [0.15, 0.2) is 5.78 Å². The molecule has 0 unspecified atom stereocenters. The first-order valence-electron chi connectivity index (χ1n) is 4.68. The van der Waals surface area contributed by atoms with Gasteiger partial charge in [-0.05, 0) is 18.6 Å². The number of ketones is 1. The highest BCUT2D eigenvalue weighted by atomic mass is 16.2. The van der Waals surface area contributed by atoms with E-state index in [1.807, 2.05) is 0 Å². The van der Waals surface area contributed by atoms with Gasteiger partial charge in [0.2, 0.25) is 0 Å². The Balaban J connectivity index is 2.68. The fourth-order valence-electron chi connectivity index (χ4n) is 1.17. The number of hydrogen-bond donors (Lipinski definition) is 2. The molecule has 16 heavy (non-hydrogen) atoms. The van der Waals surface area contributed by atoms with Crippen LogP contribution in [0.2, 0.25) is 0 Å². The monoisotopic (exact) mass is 220 g/mol. The zero-order valence-electron chi connectivity index (χ0n) is 8.82. The molecule has 0 radical (unpaired) electrons. The van der Waals surface area contributed by atoms with Crippen molar-refractivity contribution in [2.24, 2.45) is 5.73 Å². The van der Waals surface area contributed by atoms with Gasteiger partial charge in [-0.15, -0.1) is 0 Å². The summed E-state index contributed by atoms with van der Waals surface area (Å²) in [6, 6.07) is 6.79. The fraction of sp³-hybridized carbons (Fsp3) is 0.182. The normalized spacial score (nSPS) is 9.56. The minimum absolute atomic E-state index is 0.0527. The summed E-state index contributed by atoms with van der Waals surface area (Å²) in [4.78, 5) is 32.4. The van der Waals surface area contributed by atoms with E-state index in [4.69, 9.17) is 5.73 Å². The van der Waals surface area contributed by atoms with Crippen LogP contribution < -0.4 is 11.1 Å². The SMILES string of the molecule is CC(=O)c1cccc(CNC(=O)C(N)=O)c1. The molecule has 0 heterocycles. The lowest BCUT2D eigenvalue weighted by Gasteiger charge is -2.04. The molecule has 5 nitrogen and oxygen atoms in total. The minimum Gasteiger partial charge on any atom is -0.361 e. The molecule has 0 bridgehead atoms. The summed E-state index contributed by atoms with van der Waals surface area (Å²) >= 11 is 0. The first-order valence-corrected chi connectivity index (χ1v) is 4.68. The molecule has 1 rings (SSSR count). The van der Waals surface area contributed by atoms with E-state index >= 15 is 0 Å². The van der Waals surface area contributed by atoms with E-state index in [1.165, 1.54) is 6.92 Å². The Morgan fingerprint density at radius 3 is 2.56 bits per heavy atom. The van der Waals surface area contributed by atoms with Gasteiger partial charge < -0.3 is 11.1 Å². The van der Waals surface area contributed by atoms with Crippen LogP contribution in [0.4, 0.5) is 0 Å². The van der Waals surface area contributed by atoms with E-state index in [9.17, 15) is 14.4 Å². The zero-order chi connectivity index (χ0) is 12.1. The summed E-state index contributed by atoms with van der Waals surface area (Å²) in [5.41, 5.74) is 6.07. The number of carbonyl (C=O) groups is 3. The Hall–Kier alpha value is -2.17. The van der Waals surface area contributed by atoms with Gasteiger partial charge in [0, 0.05) is 12.1 Å². The molecule has 0 spiro atoms. The molecule has 0 atom stereocenters. The first-order chi connectivity index (χ1) is 7.50. The Bertz CT molecular complexity index is 441. The summed E-state index contributed by atoms with van der Waals surface area (Å²) in [6.07, 6.45) is 0. The van der Waals surface area contributed by atoms with Crippen LogP contribution in [0.25, 0.3) is 0 Å². The summed E-state index contributed by atoms with van der Waals surface area (Å²) in [5.74, 6) is -1.92. The number of amides is 2. The lowest BCUT2D eigenvalue weighted by atomic mass is 10.1. The van der Waals surface area contributed by atoms with Crippen molar-refractivity contribution in [3.8, 4) is 0 Å². The number of hydrogen-bond acceptors (Lipinski definition) is 3. The van der Waals surface area contributed by atoms with Gasteiger partial charge in [0.05, 0.1) is 0 Å². The van der Waals surface area contributed by atoms with E-state index in [0.29, 0.717) is 5.56 Å². The predicted octanol–water partition coefficient (Wildman–Crippen LogP) is -0.00930. The first kappa shape index (κ1) is 11.9.